The minimum absolute atomic E-state index is 0.0693. The fourth-order valence-electron chi connectivity index (χ4n) is 2.52. The highest BCUT2D eigenvalue weighted by atomic mass is 16.4. The average molecular weight is 270 g/mol. The van der Waals surface area contributed by atoms with Gasteiger partial charge in [0.2, 0.25) is 5.91 Å². The van der Waals surface area contributed by atoms with Gasteiger partial charge in [0.05, 0.1) is 5.41 Å². The first kappa shape index (κ1) is 16.0. The van der Waals surface area contributed by atoms with E-state index in [0.29, 0.717) is 31.7 Å². The van der Waals surface area contributed by atoms with E-state index in [2.05, 4.69) is 17.6 Å². The van der Waals surface area contributed by atoms with Crippen LogP contribution in [0.4, 0.5) is 0 Å². The first-order valence-electron chi connectivity index (χ1n) is 7.21. The zero-order valence-corrected chi connectivity index (χ0v) is 12.0. The first-order valence-corrected chi connectivity index (χ1v) is 7.21. The van der Waals surface area contributed by atoms with Gasteiger partial charge < -0.3 is 15.7 Å². The van der Waals surface area contributed by atoms with Crippen molar-refractivity contribution in [3.8, 4) is 0 Å². The van der Waals surface area contributed by atoms with Gasteiger partial charge in [0.1, 0.15) is 0 Å². The third-order valence-electron chi connectivity index (χ3n) is 4.09. The van der Waals surface area contributed by atoms with Gasteiger partial charge in [-0.05, 0) is 38.1 Å². The maximum Gasteiger partial charge on any atom is 0.311 e. The maximum atomic E-state index is 11.6. The lowest BCUT2D eigenvalue weighted by Gasteiger charge is -2.35. The van der Waals surface area contributed by atoms with E-state index in [0.717, 1.165) is 19.4 Å². The molecule has 5 nitrogen and oxygen atoms in total. The Morgan fingerprint density at radius 2 is 1.95 bits per heavy atom. The highest BCUT2D eigenvalue weighted by Gasteiger charge is 2.41. The maximum absolute atomic E-state index is 11.6. The van der Waals surface area contributed by atoms with Crippen molar-refractivity contribution in [2.45, 2.75) is 46.0 Å². The van der Waals surface area contributed by atoms with Crippen LogP contribution in [-0.4, -0.2) is 36.6 Å². The number of amides is 1. The molecule has 1 amide bonds. The van der Waals surface area contributed by atoms with Crippen molar-refractivity contribution in [2.75, 3.05) is 19.6 Å². The van der Waals surface area contributed by atoms with Crippen molar-refractivity contribution in [1.29, 1.82) is 0 Å². The molecule has 0 aromatic rings. The van der Waals surface area contributed by atoms with Crippen LogP contribution < -0.4 is 10.6 Å². The zero-order chi connectivity index (χ0) is 14.3. The number of carbonyl (C=O) groups is 2. The lowest BCUT2D eigenvalue weighted by atomic mass is 9.71. The molecule has 1 saturated carbocycles. The molecule has 5 heteroatoms. The second kappa shape index (κ2) is 7.48. The van der Waals surface area contributed by atoms with E-state index in [1.165, 1.54) is 0 Å². The van der Waals surface area contributed by atoms with E-state index < -0.39 is 11.4 Å². The van der Waals surface area contributed by atoms with Crippen molar-refractivity contribution >= 4 is 11.9 Å². The molecule has 3 N–H and O–H groups in total. The Hall–Kier alpha value is -1.10. The number of carboxylic acid groups (broad SMARTS) is 1. The van der Waals surface area contributed by atoms with E-state index in [4.69, 9.17) is 0 Å². The van der Waals surface area contributed by atoms with E-state index >= 15 is 0 Å². The van der Waals surface area contributed by atoms with Crippen molar-refractivity contribution in [3.63, 3.8) is 0 Å². The molecule has 0 aromatic carbocycles. The zero-order valence-electron chi connectivity index (χ0n) is 12.0. The Morgan fingerprint density at radius 3 is 2.47 bits per heavy atom. The SMILES string of the molecule is CCNCCC(=O)NCC1(C(=O)O)CCC(C)CC1. The van der Waals surface area contributed by atoms with Gasteiger partial charge in [0.25, 0.3) is 0 Å². The second-order valence-electron chi connectivity index (χ2n) is 5.65. The lowest BCUT2D eigenvalue weighted by molar-refractivity contribution is -0.151. The minimum Gasteiger partial charge on any atom is -0.481 e. The van der Waals surface area contributed by atoms with Crippen LogP contribution in [0, 0.1) is 11.3 Å². The predicted octanol–water partition coefficient (Wildman–Crippen LogP) is 1.38. The molecule has 0 aromatic heterocycles. The Bertz CT molecular complexity index is 310. The van der Waals surface area contributed by atoms with Crippen molar-refractivity contribution in [2.24, 2.45) is 11.3 Å². The summed E-state index contributed by atoms with van der Waals surface area (Å²) in [7, 11) is 0. The molecule has 110 valence electrons. The van der Waals surface area contributed by atoms with Crippen LogP contribution in [0.1, 0.15) is 46.0 Å². The summed E-state index contributed by atoms with van der Waals surface area (Å²) in [6, 6.07) is 0. The molecule has 1 fully saturated rings. The molecule has 0 heterocycles. The molecule has 1 aliphatic carbocycles. The van der Waals surface area contributed by atoms with E-state index in [1.807, 2.05) is 6.92 Å². The fourth-order valence-corrected chi connectivity index (χ4v) is 2.52. The number of aliphatic carboxylic acids is 1. The number of carbonyl (C=O) groups excluding carboxylic acids is 1. The molecule has 0 unspecified atom stereocenters. The number of hydrogen-bond acceptors (Lipinski definition) is 3. The van der Waals surface area contributed by atoms with E-state index in [-0.39, 0.29) is 12.5 Å². The summed E-state index contributed by atoms with van der Waals surface area (Å²) in [6.07, 6.45) is 3.59. The molecular weight excluding hydrogens is 244 g/mol. The molecule has 1 rings (SSSR count). The smallest absolute Gasteiger partial charge is 0.311 e. The summed E-state index contributed by atoms with van der Waals surface area (Å²) in [5, 5.41) is 15.3. The van der Waals surface area contributed by atoms with Gasteiger partial charge in [-0.2, -0.15) is 0 Å². The van der Waals surface area contributed by atoms with Crippen LogP contribution in [-0.2, 0) is 9.59 Å². The van der Waals surface area contributed by atoms with Gasteiger partial charge in [0, 0.05) is 19.5 Å². The van der Waals surface area contributed by atoms with Crippen LogP contribution >= 0.6 is 0 Å². The number of hydrogen-bond donors (Lipinski definition) is 3. The van der Waals surface area contributed by atoms with Gasteiger partial charge >= 0.3 is 5.97 Å². The standard InChI is InChI=1S/C14H26N2O3/c1-3-15-9-6-12(17)16-10-14(13(18)19)7-4-11(2)5-8-14/h11,15H,3-10H2,1-2H3,(H,16,17)(H,18,19). The monoisotopic (exact) mass is 270 g/mol. The summed E-state index contributed by atoms with van der Waals surface area (Å²) in [5.41, 5.74) is -0.750. The minimum atomic E-state index is -0.772. The molecule has 0 radical (unpaired) electrons. The largest absolute Gasteiger partial charge is 0.481 e. The summed E-state index contributed by atoms with van der Waals surface area (Å²) in [6.45, 7) is 5.88. The second-order valence-corrected chi connectivity index (χ2v) is 5.65. The van der Waals surface area contributed by atoms with Crippen molar-refractivity contribution in [3.05, 3.63) is 0 Å². The van der Waals surface area contributed by atoms with Gasteiger partial charge in [-0.25, -0.2) is 0 Å². The Labute approximate surface area is 115 Å². The van der Waals surface area contributed by atoms with Gasteiger partial charge in [-0.1, -0.05) is 13.8 Å². The van der Waals surface area contributed by atoms with Gasteiger partial charge in [-0.3, -0.25) is 9.59 Å². The number of nitrogens with one attached hydrogen (secondary N) is 2. The Kier molecular flexibility index (Phi) is 6.28. The lowest BCUT2D eigenvalue weighted by Crippen LogP contribution is -2.45. The highest BCUT2D eigenvalue weighted by Crippen LogP contribution is 2.38. The fraction of sp³-hybridized carbons (Fsp3) is 0.857. The van der Waals surface area contributed by atoms with E-state index in [9.17, 15) is 14.7 Å². The highest BCUT2D eigenvalue weighted by molar-refractivity contribution is 5.79. The third-order valence-corrected chi connectivity index (χ3v) is 4.09. The Morgan fingerprint density at radius 1 is 1.32 bits per heavy atom. The van der Waals surface area contributed by atoms with Gasteiger partial charge in [-0.15, -0.1) is 0 Å². The van der Waals surface area contributed by atoms with Crippen LogP contribution in [0.25, 0.3) is 0 Å². The Balaban J connectivity index is 2.42. The van der Waals surface area contributed by atoms with Crippen LogP contribution in [0.15, 0.2) is 0 Å². The average Bonchev–Trinajstić information content (AvgIpc) is 2.38. The van der Waals surface area contributed by atoms with Crippen LogP contribution in [0.2, 0.25) is 0 Å². The summed E-state index contributed by atoms with van der Waals surface area (Å²) < 4.78 is 0. The van der Waals surface area contributed by atoms with Crippen LogP contribution in [0.3, 0.4) is 0 Å². The van der Waals surface area contributed by atoms with Crippen molar-refractivity contribution in [1.82, 2.24) is 10.6 Å². The molecular formula is C14H26N2O3. The summed E-state index contributed by atoms with van der Waals surface area (Å²) >= 11 is 0. The predicted molar refractivity (Wildman–Crippen MR) is 73.9 cm³/mol. The number of rotatable bonds is 7. The molecule has 1 aliphatic rings. The van der Waals surface area contributed by atoms with Crippen molar-refractivity contribution < 1.29 is 14.7 Å². The molecule has 0 aliphatic heterocycles. The molecule has 0 atom stereocenters. The normalized spacial score (nSPS) is 26.9. The third kappa shape index (κ3) is 4.82. The quantitative estimate of drug-likeness (QED) is 0.611. The number of carboxylic acids is 1. The first-order chi connectivity index (χ1) is 9.00. The molecule has 0 bridgehead atoms. The van der Waals surface area contributed by atoms with Gasteiger partial charge in [0.15, 0.2) is 0 Å². The molecule has 0 spiro atoms. The summed E-state index contributed by atoms with van der Waals surface area (Å²) in [5.74, 6) is -0.247. The molecule has 19 heavy (non-hydrogen) atoms. The van der Waals surface area contributed by atoms with Crippen LogP contribution in [0.5, 0.6) is 0 Å². The topological polar surface area (TPSA) is 78.4 Å². The molecule has 0 saturated heterocycles. The van der Waals surface area contributed by atoms with E-state index in [1.54, 1.807) is 0 Å². The summed E-state index contributed by atoms with van der Waals surface area (Å²) in [4.78, 5) is 23.1.